The zero-order valence-electron chi connectivity index (χ0n) is 18.6. The van der Waals surface area contributed by atoms with Gasteiger partial charge in [-0.2, -0.15) is 0 Å². The van der Waals surface area contributed by atoms with Gasteiger partial charge in [-0.3, -0.25) is 4.79 Å². The van der Waals surface area contributed by atoms with Gasteiger partial charge in [0, 0.05) is 10.4 Å². The van der Waals surface area contributed by atoms with Crippen LogP contribution in [0.1, 0.15) is 56.7 Å². The number of fused-ring (bicyclic) bond motifs is 1. The second-order valence-electron chi connectivity index (χ2n) is 7.79. The highest BCUT2D eigenvalue weighted by atomic mass is 35.5. The molecule has 0 saturated heterocycles. The molecule has 9 heteroatoms. The molecule has 0 saturated carbocycles. The van der Waals surface area contributed by atoms with E-state index in [-0.39, 0.29) is 17.2 Å². The molecule has 34 heavy (non-hydrogen) atoms. The van der Waals surface area contributed by atoms with Crippen molar-refractivity contribution in [3.8, 4) is 11.1 Å². The van der Waals surface area contributed by atoms with Crippen LogP contribution in [0.15, 0.2) is 36.4 Å². The Bertz CT molecular complexity index is 1180. The highest BCUT2D eigenvalue weighted by Gasteiger charge is 2.27. The summed E-state index contributed by atoms with van der Waals surface area (Å²) in [6, 6.07) is 11.1. The maximum Gasteiger partial charge on any atom is 0.348 e. The van der Waals surface area contributed by atoms with E-state index in [1.54, 1.807) is 6.92 Å². The number of hydrogen-bond donors (Lipinski definition) is 1. The van der Waals surface area contributed by atoms with E-state index < -0.39 is 24.5 Å². The number of carbonyl (C=O) groups excluding carboxylic acids is 3. The van der Waals surface area contributed by atoms with Gasteiger partial charge in [0.2, 0.25) is 0 Å². The van der Waals surface area contributed by atoms with Crippen molar-refractivity contribution in [2.45, 2.75) is 39.0 Å². The number of aryl methyl sites for hydroxylation is 2. The summed E-state index contributed by atoms with van der Waals surface area (Å²) in [6.45, 7) is 1.41. The molecule has 2 heterocycles. The number of amides is 1. The first-order valence-electron chi connectivity index (χ1n) is 11.1. The lowest BCUT2D eigenvalue weighted by atomic mass is 10.0. The normalized spacial score (nSPS) is 13.0. The van der Waals surface area contributed by atoms with Gasteiger partial charge in [0.1, 0.15) is 19.8 Å². The lowest BCUT2D eigenvalue weighted by Crippen LogP contribution is -2.21. The molecule has 0 aliphatic heterocycles. The van der Waals surface area contributed by atoms with Crippen LogP contribution in [-0.2, 0) is 27.1 Å². The van der Waals surface area contributed by atoms with Crippen molar-refractivity contribution in [1.29, 1.82) is 0 Å². The summed E-state index contributed by atoms with van der Waals surface area (Å²) < 4.78 is 10.8. The number of hydrogen-bond acceptors (Lipinski definition) is 7. The summed E-state index contributed by atoms with van der Waals surface area (Å²) in [5.74, 6) is -1.67. The van der Waals surface area contributed by atoms with Gasteiger partial charge in [-0.25, -0.2) is 9.59 Å². The lowest BCUT2D eigenvalue weighted by Gasteiger charge is -2.09. The predicted octanol–water partition coefficient (Wildman–Crippen LogP) is 6.37. The molecule has 1 aliphatic rings. The largest absolute Gasteiger partial charge is 0.462 e. The summed E-state index contributed by atoms with van der Waals surface area (Å²) in [6.07, 6.45) is 5.40. The van der Waals surface area contributed by atoms with Crippen molar-refractivity contribution in [1.82, 2.24) is 0 Å². The number of esters is 2. The molecule has 178 valence electrons. The van der Waals surface area contributed by atoms with Crippen molar-refractivity contribution in [3.63, 3.8) is 0 Å². The maximum atomic E-state index is 12.7. The van der Waals surface area contributed by atoms with Crippen LogP contribution < -0.4 is 5.32 Å². The number of ether oxygens (including phenoxy) is 2. The molecule has 0 atom stereocenters. The standard InChI is InChI=1S/C25H24ClNO5S2/c1-2-31-25(30)21-20(15-9-5-3-6-10-15)22(26)34-23(21)27-19(28)14-32-24(29)18-13-16-11-7-4-8-12-17(16)33-18/h3,5-6,9-10,13H,2,4,7-8,11-12,14H2,1H3,(H,27,28). The SMILES string of the molecule is CCOC(=O)c1c(NC(=O)COC(=O)c2cc3c(s2)CCCCC3)sc(Cl)c1-c1ccccc1. The monoisotopic (exact) mass is 517 g/mol. The molecule has 1 aliphatic carbocycles. The lowest BCUT2D eigenvalue weighted by molar-refractivity contribution is -0.119. The smallest absolute Gasteiger partial charge is 0.348 e. The van der Waals surface area contributed by atoms with E-state index in [9.17, 15) is 14.4 Å². The summed E-state index contributed by atoms with van der Waals surface area (Å²) in [4.78, 5) is 39.6. The Morgan fingerprint density at radius 1 is 1.00 bits per heavy atom. The summed E-state index contributed by atoms with van der Waals surface area (Å²) in [7, 11) is 0. The molecule has 0 fully saturated rings. The van der Waals surface area contributed by atoms with E-state index in [2.05, 4.69) is 5.32 Å². The third-order valence-corrected chi connectivity index (χ3v) is 7.97. The van der Waals surface area contributed by atoms with Gasteiger partial charge in [0.15, 0.2) is 6.61 Å². The van der Waals surface area contributed by atoms with E-state index in [0.717, 1.165) is 42.6 Å². The fourth-order valence-corrected chi connectivity index (χ4v) is 6.42. The van der Waals surface area contributed by atoms with Gasteiger partial charge in [0.05, 0.1) is 6.61 Å². The molecular formula is C25H24ClNO5S2. The summed E-state index contributed by atoms with van der Waals surface area (Å²) in [5.41, 5.74) is 2.62. The first kappa shape index (κ1) is 24.4. The molecule has 6 nitrogen and oxygen atoms in total. The first-order chi connectivity index (χ1) is 16.5. The molecule has 4 rings (SSSR count). The van der Waals surface area contributed by atoms with E-state index in [1.807, 2.05) is 36.4 Å². The van der Waals surface area contributed by atoms with E-state index in [4.69, 9.17) is 21.1 Å². The topological polar surface area (TPSA) is 81.7 Å². The molecule has 3 aromatic rings. The molecule has 1 amide bonds. The molecule has 2 aromatic heterocycles. The highest BCUT2D eigenvalue weighted by Crippen LogP contribution is 2.44. The van der Waals surface area contributed by atoms with Crippen molar-refractivity contribution in [3.05, 3.63) is 61.6 Å². The van der Waals surface area contributed by atoms with Gasteiger partial charge < -0.3 is 14.8 Å². The minimum Gasteiger partial charge on any atom is -0.462 e. The second-order valence-corrected chi connectivity index (χ2v) is 10.5. The van der Waals surface area contributed by atoms with E-state index >= 15 is 0 Å². The predicted molar refractivity (Wildman–Crippen MR) is 135 cm³/mol. The Kier molecular flexibility index (Phi) is 8.03. The van der Waals surface area contributed by atoms with Crippen LogP contribution in [0.5, 0.6) is 0 Å². The number of carbonyl (C=O) groups is 3. The number of rotatable bonds is 7. The van der Waals surface area contributed by atoms with Gasteiger partial charge >= 0.3 is 11.9 Å². The minimum absolute atomic E-state index is 0.177. The van der Waals surface area contributed by atoms with E-state index in [1.165, 1.54) is 28.2 Å². The third-order valence-electron chi connectivity index (χ3n) is 5.44. The van der Waals surface area contributed by atoms with Crippen LogP contribution in [0.25, 0.3) is 11.1 Å². The summed E-state index contributed by atoms with van der Waals surface area (Å²) in [5, 5.41) is 2.92. The highest BCUT2D eigenvalue weighted by molar-refractivity contribution is 7.21. The number of anilines is 1. The molecule has 1 aromatic carbocycles. The fourth-order valence-electron chi connectivity index (χ4n) is 3.89. The molecular weight excluding hydrogens is 494 g/mol. The zero-order chi connectivity index (χ0) is 24.1. The molecule has 0 radical (unpaired) electrons. The zero-order valence-corrected chi connectivity index (χ0v) is 21.0. The number of thiophene rings is 2. The van der Waals surface area contributed by atoms with Crippen molar-refractivity contribution >= 4 is 57.1 Å². The minimum atomic E-state index is -0.586. The Labute approximate surface area is 210 Å². The third kappa shape index (κ3) is 5.51. The van der Waals surface area contributed by atoms with Gasteiger partial charge in [-0.15, -0.1) is 22.7 Å². The average Bonchev–Trinajstić information content (AvgIpc) is 3.30. The second kappa shape index (κ2) is 11.2. The average molecular weight is 518 g/mol. The molecule has 0 unspecified atom stereocenters. The Morgan fingerprint density at radius 3 is 2.53 bits per heavy atom. The Hall–Kier alpha value is -2.68. The first-order valence-corrected chi connectivity index (χ1v) is 13.1. The summed E-state index contributed by atoms with van der Waals surface area (Å²) >= 11 is 8.96. The Morgan fingerprint density at radius 2 is 1.76 bits per heavy atom. The number of halogens is 1. The Balaban J connectivity index is 1.47. The van der Waals surface area contributed by atoms with Crippen LogP contribution in [0.2, 0.25) is 4.34 Å². The molecule has 0 bridgehead atoms. The number of benzene rings is 1. The molecule has 1 N–H and O–H groups in total. The maximum absolute atomic E-state index is 12.7. The van der Waals surface area contributed by atoms with Crippen LogP contribution in [0.4, 0.5) is 5.00 Å². The quantitative estimate of drug-likeness (QED) is 0.291. The van der Waals surface area contributed by atoms with Gasteiger partial charge in [0.25, 0.3) is 5.91 Å². The van der Waals surface area contributed by atoms with Crippen molar-refractivity contribution in [2.75, 3.05) is 18.5 Å². The van der Waals surface area contributed by atoms with Crippen LogP contribution in [0, 0.1) is 0 Å². The van der Waals surface area contributed by atoms with Gasteiger partial charge in [-0.05, 0) is 49.8 Å². The van der Waals surface area contributed by atoms with Gasteiger partial charge in [-0.1, -0.05) is 48.4 Å². The fraction of sp³-hybridized carbons (Fsp3) is 0.320. The van der Waals surface area contributed by atoms with Crippen molar-refractivity contribution < 1.29 is 23.9 Å². The van der Waals surface area contributed by atoms with Crippen LogP contribution in [-0.4, -0.2) is 31.1 Å². The number of nitrogens with one attached hydrogen (secondary N) is 1. The molecule has 0 spiro atoms. The van der Waals surface area contributed by atoms with Crippen LogP contribution >= 0.6 is 34.3 Å². The van der Waals surface area contributed by atoms with E-state index in [0.29, 0.717) is 14.8 Å². The van der Waals surface area contributed by atoms with Crippen molar-refractivity contribution in [2.24, 2.45) is 0 Å². The van der Waals surface area contributed by atoms with Crippen LogP contribution in [0.3, 0.4) is 0 Å².